The van der Waals surface area contributed by atoms with Gasteiger partial charge in [-0.2, -0.15) is 0 Å². The van der Waals surface area contributed by atoms with Gasteiger partial charge >= 0.3 is 5.97 Å². The van der Waals surface area contributed by atoms with E-state index in [0.717, 1.165) is 31.3 Å². The van der Waals surface area contributed by atoms with Gasteiger partial charge in [0, 0.05) is 22.3 Å². The fourth-order valence-electron chi connectivity index (χ4n) is 7.23. The Morgan fingerprint density at radius 2 is 2.10 bits per heavy atom. The highest BCUT2D eigenvalue weighted by Gasteiger charge is 2.62. The number of carbonyl (C=O) groups excluding carboxylic acids is 2. The maximum Gasteiger partial charge on any atom is 0.374 e. The lowest BCUT2D eigenvalue weighted by molar-refractivity contribution is -0.131. The van der Waals surface area contributed by atoms with Crippen molar-refractivity contribution in [3.05, 3.63) is 47.5 Å². The van der Waals surface area contributed by atoms with Crippen molar-refractivity contribution in [1.82, 2.24) is 0 Å². The van der Waals surface area contributed by atoms with E-state index < -0.39 is 12.1 Å². The minimum absolute atomic E-state index is 0.0381. The number of aliphatic hydroxyl groups excluding tert-OH is 2. The molecule has 7 unspecified atom stereocenters. The smallest absolute Gasteiger partial charge is 0.374 e. The van der Waals surface area contributed by atoms with Gasteiger partial charge in [0.2, 0.25) is 5.76 Å². The van der Waals surface area contributed by atoms with Crippen molar-refractivity contribution < 1.29 is 29.0 Å². The van der Waals surface area contributed by atoms with Crippen LogP contribution >= 0.6 is 0 Å². The number of fused-ring (bicyclic) bond motifs is 5. The second-order valence-electron chi connectivity index (χ2n) is 10.2. The highest BCUT2D eigenvalue weighted by atomic mass is 16.6. The van der Waals surface area contributed by atoms with Gasteiger partial charge in [0.25, 0.3) is 0 Å². The van der Waals surface area contributed by atoms with E-state index in [1.54, 1.807) is 12.2 Å². The Morgan fingerprint density at radius 3 is 2.84 bits per heavy atom. The van der Waals surface area contributed by atoms with Crippen LogP contribution in [-0.4, -0.2) is 34.2 Å². The molecule has 0 aromatic carbocycles. The number of hydrogen-bond donors (Lipinski definition) is 2. The van der Waals surface area contributed by atoms with Crippen LogP contribution in [0.15, 0.2) is 40.5 Å². The van der Waals surface area contributed by atoms with Gasteiger partial charge in [-0.15, -0.1) is 0 Å². The molecule has 0 bridgehead atoms. The fourth-order valence-corrected chi connectivity index (χ4v) is 7.23. The molecule has 4 aliphatic carbocycles. The molecule has 0 aliphatic heterocycles. The summed E-state index contributed by atoms with van der Waals surface area (Å²) in [5.74, 6) is 0.368. The molecule has 2 N–H and O–H groups in total. The van der Waals surface area contributed by atoms with Crippen molar-refractivity contribution in [3.63, 3.8) is 0 Å². The highest BCUT2D eigenvalue weighted by Crippen LogP contribution is 2.64. The van der Waals surface area contributed by atoms with E-state index in [1.165, 1.54) is 12.3 Å². The molecule has 5 rings (SSSR count). The monoisotopic (exact) mass is 426 g/mol. The summed E-state index contributed by atoms with van der Waals surface area (Å²) < 4.78 is 11.2. The van der Waals surface area contributed by atoms with Crippen LogP contribution < -0.4 is 0 Å². The molecular formula is C25H30O6. The normalized spacial score (nSPS) is 41.2. The van der Waals surface area contributed by atoms with Crippen molar-refractivity contribution in [2.45, 2.75) is 64.8 Å². The van der Waals surface area contributed by atoms with E-state index in [0.29, 0.717) is 23.8 Å². The van der Waals surface area contributed by atoms with Crippen LogP contribution in [0.5, 0.6) is 0 Å². The van der Waals surface area contributed by atoms with Gasteiger partial charge in [0.15, 0.2) is 5.78 Å². The Kier molecular flexibility index (Phi) is 4.79. The first kappa shape index (κ1) is 20.7. The summed E-state index contributed by atoms with van der Waals surface area (Å²) in [6.07, 6.45) is 10.1. The van der Waals surface area contributed by atoms with Crippen LogP contribution in [0.25, 0.3) is 0 Å². The summed E-state index contributed by atoms with van der Waals surface area (Å²) in [7, 11) is 0. The predicted octanol–water partition coefficient (Wildman–Crippen LogP) is 3.58. The van der Waals surface area contributed by atoms with Crippen LogP contribution in [0.4, 0.5) is 0 Å². The summed E-state index contributed by atoms with van der Waals surface area (Å²) in [5, 5.41) is 20.6. The number of furan rings is 1. The number of esters is 1. The maximum atomic E-state index is 12.7. The summed E-state index contributed by atoms with van der Waals surface area (Å²) in [6.45, 7) is 4.12. The Labute approximate surface area is 182 Å². The topological polar surface area (TPSA) is 97.0 Å². The van der Waals surface area contributed by atoms with Gasteiger partial charge in [-0.05, 0) is 62.2 Å². The zero-order chi connectivity index (χ0) is 22.0. The summed E-state index contributed by atoms with van der Waals surface area (Å²) in [5.41, 5.74) is 1.09. The molecule has 7 atom stereocenters. The number of ketones is 1. The Morgan fingerprint density at radius 1 is 1.29 bits per heavy atom. The average Bonchev–Trinajstić information content (AvgIpc) is 3.33. The zero-order valence-corrected chi connectivity index (χ0v) is 18.0. The Bertz CT molecular complexity index is 972. The van der Waals surface area contributed by atoms with Crippen molar-refractivity contribution in [2.75, 3.05) is 0 Å². The minimum atomic E-state index is -0.526. The first-order valence-electron chi connectivity index (χ1n) is 11.3. The number of aliphatic hydroxyl groups is 2. The third-order valence-corrected chi connectivity index (χ3v) is 8.69. The van der Waals surface area contributed by atoms with E-state index in [1.807, 2.05) is 6.08 Å². The SMILES string of the molecule is CC12C=CC(=O)C=C1CCC1C2C(O)CC2(C)C(OC(=O)c3cc(CO)co3)CCC12. The molecule has 1 heterocycles. The van der Waals surface area contributed by atoms with Gasteiger partial charge < -0.3 is 19.4 Å². The zero-order valence-electron chi connectivity index (χ0n) is 18.0. The molecular weight excluding hydrogens is 396 g/mol. The van der Waals surface area contributed by atoms with Gasteiger partial charge in [-0.3, -0.25) is 4.79 Å². The van der Waals surface area contributed by atoms with Crippen LogP contribution in [0, 0.1) is 28.6 Å². The summed E-state index contributed by atoms with van der Waals surface area (Å²) in [6, 6.07) is 1.51. The number of carbonyl (C=O) groups is 2. The number of ether oxygens (including phenoxy) is 1. The van der Waals surface area contributed by atoms with E-state index in [-0.39, 0.29) is 41.0 Å². The van der Waals surface area contributed by atoms with E-state index in [4.69, 9.17) is 9.15 Å². The Hall–Kier alpha value is -2.18. The van der Waals surface area contributed by atoms with Crippen molar-refractivity contribution in [1.29, 1.82) is 0 Å². The molecule has 6 heteroatoms. The molecule has 0 saturated heterocycles. The standard InChI is InChI=1S/C25H30O6/c1-24-8-7-16(27)10-15(24)3-4-17-18-5-6-21(25(18,2)11-19(28)22(17)24)31-23(29)20-9-14(12-26)13-30-20/h7-10,13,17-19,21-22,26,28H,3-6,11-12H2,1-2H3. The van der Waals surface area contributed by atoms with Gasteiger partial charge in [-0.1, -0.05) is 25.5 Å². The van der Waals surface area contributed by atoms with Gasteiger partial charge in [-0.25, -0.2) is 4.79 Å². The third-order valence-electron chi connectivity index (χ3n) is 8.69. The van der Waals surface area contributed by atoms with E-state index >= 15 is 0 Å². The lowest BCUT2D eigenvalue weighted by Gasteiger charge is -2.58. The summed E-state index contributed by atoms with van der Waals surface area (Å²) in [4.78, 5) is 24.6. The van der Waals surface area contributed by atoms with Crippen molar-refractivity contribution in [2.24, 2.45) is 28.6 Å². The molecule has 0 spiro atoms. The van der Waals surface area contributed by atoms with E-state index in [9.17, 15) is 19.8 Å². The number of rotatable bonds is 3. The van der Waals surface area contributed by atoms with Crippen LogP contribution in [0.1, 0.15) is 62.1 Å². The molecule has 0 radical (unpaired) electrons. The van der Waals surface area contributed by atoms with Crippen LogP contribution in [0.3, 0.4) is 0 Å². The van der Waals surface area contributed by atoms with Crippen LogP contribution in [0.2, 0.25) is 0 Å². The van der Waals surface area contributed by atoms with Gasteiger partial charge in [0.05, 0.1) is 19.0 Å². The minimum Gasteiger partial charge on any atom is -0.457 e. The maximum absolute atomic E-state index is 12.7. The second kappa shape index (κ2) is 7.17. The largest absolute Gasteiger partial charge is 0.457 e. The molecule has 31 heavy (non-hydrogen) atoms. The first-order chi connectivity index (χ1) is 14.8. The highest BCUT2D eigenvalue weighted by molar-refractivity contribution is 6.01. The third kappa shape index (κ3) is 3.06. The molecule has 166 valence electrons. The predicted molar refractivity (Wildman–Crippen MR) is 112 cm³/mol. The molecule has 4 aliphatic rings. The number of hydrogen-bond acceptors (Lipinski definition) is 6. The number of allylic oxidation sites excluding steroid dienone is 4. The quantitative estimate of drug-likeness (QED) is 0.717. The fraction of sp³-hybridized carbons (Fsp3) is 0.600. The molecule has 3 fully saturated rings. The van der Waals surface area contributed by atoms with Crippen molar-refractivity contribution >= 4 is 11.8 Å². The Balaban J connectivity index is 1.39. The van der Waals surface area contributed by atoms with Crippen LogP contribution in [-0.2, 0) is 16.1 Å². The molecule has 1 aromatic rings. The molecule has 1 aromatic heterocycles. The second-order valence-corrected chi connectivity index (χ2v) is 10.2. The molecule has 6 nitrogen and oxygen atoms in total. The lowest BCUT2D eigenvalue weighted by Crippen LogP contribution is -2.56. The lowest BCUT2D eigenvalue weighted by atomic mass is 9.47. The van der Waals surface area contributed by atoms with E-state index in [2.05, 4.69) is 13.8 Å². The molecule has 0 amide bonds. The first-order valence-corrected chi connectivity index (χ1v) is 11.3. The van der Waals surface area contributed by atoms with Gasteiger partial charge in [0.1, 0.15) is 6.10 Å². The summed E-state index contributed by atoms with van der Waals surface area (Å²) >= 11 is 0. The average molecular weight is 427 g/mol. The molecule has 3 saturated carbocycles. The van der Waals surface area contributed by atoms with Crippen molar-refractivity contribution in [3.8, 4) is 0 Å².